The number of nitrogens with one attached hydrogen (secondary N) is 1. The zero-order valence-electron chi connectivity index (χ0n) is 16.2. The maximum atomic E-state index is 5.75. The minimum absolute atomic E-state index is 0.312. The molecule has 0 spiro atoms. The second kappa shape index (κ2) is 8.80. The van der Waals surface area contributed by atoms with Crippen molar-refractivity contribution < 1.29 is 18.9 Å². The van der Waals surface area contributed by atoms with E-state index in [0.717, 1.165) is 33.3 Å². The summed E-state index contributed by atoms with van der Waals surface area (Å²) in [5.41, 5.74) is 3.17. The predicted octanol–water partition coefficient (Wildman–Crippen LogP) is 2.62. The quantitative estimate of drug-likeness (QED) is 0.431. The summed E-state index contributed by atoms with van der Waals surface area (Å²) >= 11 is 0. The molecular weight excluding hydrogens is 374 g/mol. The van der Waals surface area contributed by atoms with Gasteiger partial charge in [-0.25, -0.2) is 15.0 Å². The average molecular weight is 395 g/mol. The largest absolute Gasteiger partial charge is 0.491 e. The molecule has 1 aromatic carbocycles. The van der Waals surface area contributed by atoms with Crippen LogP contribution in [0.4, 0.5) is 0 Å². The normalized spacial score (nSPS) is 11.2. The number of hydrogen-bond donors (Lipinski definition) is 1. The first kappa shape index (κ1) is 19.0. The third kappa shape index (κ3) is 4.10. The molecule has 3 aromatic heterocycles. The van der Waals surface area contributed by atoms with E-state index in [4.69, 9.17) is 18.9 Å². The van der Waals surface area contributed by atoms with Crippen LogP contribution in [0.15, 0.2) is 36.9 Å². The molecule has 0 aliphatic heterocycles. The van der Waals surface area contributed by atoms with E-state index in [1.165, 1.54) is 7.11 Å². The molecule has 4 aromatic rings. The Kier molecular flexibility index (Phi) is 5.78. The molecular formula is C20H21N5O4. The number of aromatic amines is 1. The van der Waals surface area contributed by atoms with Crippen molar-refractivity contribution in [3.63, 3.8) is 0 Å². The SMILES string of the molecule is COCCOCCOc1ccc2c(-c3c[nH]c4nc(OC)ncc34)ncnc2c1. The van der Waals surface area contributed by atoms with Crippen molar-refractivity contribution >= 4 is 21.9 Å². The van der Waals surface area contributed by atoms with Crippen molar-refractivity contribution in [3.8, 4) is 23.0 Å². The van der Waals surface area contributed by atoms with Gasteiger partial charge < -0.3 is 23.9 Å². The van der Waals surface area contributed by atoms with Crippen LogP contribution in [-0.2, 0) is 9.47 Å². The van der Waals surface area contributed by atoms with Crippen LogP contribution in [0.2, 0.25) is 0 Å². The fourth-order valence-electron chi connectivity index (χ4n) is 2.99. The fourth-order valence-corrected chi connectivity index (χ4v) is 2.99. The van der Waals surface area contributed by atoms with Crippen molar-refractivity contribution in [2.24, 2.45) is 0 Å². The molecule has 3 heterocycles. The first-order chi connectivity index (χ1) is 14.3. The summed E-state index contributed by atoms with van der Waals surface area (Å²) in [6.45, 7) is 2.07. The maximum Gasteiger partial charge on any atom is 0.318 e. The Bertz CT molecular complexity index is 1110. The molecule has 0 saturated heterocycles. The number of benzene rings is 1. The van der Waals surface area contributed by atoms with Crippen LogP contribution in [0, 0.1) is 0 Å². The van der Waals surface area contributed by atoms with Gasteiger partial charge >= 0.3 is 6.01 Å². The number of H-pyrrole nitrogens is 1. The molecule has 0 aliphatic rings. The van der Waals surface area contributed by atoms with Gasteiger partial charge in [-0.2, -0.15) is 4.98 Å². The zero-order valence-corrected chi connectivity index (χ0v) is 16.2. The lowest BCUT2D eigenvalue weighted by atomic mass is 10.1. The Morgan fingerprint density at radius 1 is 0.966 bits per heavy atom. The molecule has 9 heteroatoms. The Morgan fingerprint density at radius 3 is 2.72 bits per heavy atom. The number of ether oxygens (including phenoxy) is 4. The highest BCUT2D eigenvalue weighted by atomic mass is 16.5. The first-order valence-electron chi connectivity index (χ1n) is 9.13. The van der Waals surface area contributed by atoms with E-state index < -0.39 is 0 Å². The van der Waals surface area contributed by atoms with Crippen molar-refractivity contribution in [1.29, 1.82) is 0 Å². The highest BCUT2D eigenvalue weighted by molar-refractivity contribution is 6.01. The Hall–Kier alpha value is -3.30. The molecule has 0 unspecified atom stereocenters. The van der Waals surface area contributed by atoms with Crippen LogP contribution in [0.3, 0.4) is 0 Å². The van der Waals surface area contributed by atoms with Gasteiger partial charge in [0.2, 0.25) is 0 Å². The Labute approximate surface area is 167 Å². The number of hydrogen-bond acceptors (Lipinski definition) is 8. The average Bonchev–Trinajstić information content (AvgIpc) is 3.18. The maximum absolute atomic E-state index is 5.75. The van der Waals surface area contributed by atoms with Gasteiger partial charge in [0.05, 0.1) is 38.1 Å². The number of methoxy groups -OCH3 is 2. The third-order valence-electron chi connectivity index (χ3n) is 4.38. The molecule has 0 fully saturated rings. The number of rotatable bonds is 9. The zero-order chi connectivity index (χ0) is 20.1. The molecule has 29 heavy (non-hydrogen) atoms. The second-order valence-electron chi connectivity index (χ2n) is 6.18. The molecule has 0 amide bonds. The van der Waals surface area contributed by atoms with Gasteiger partial charge in [0, 0.05) is 41.9 Å². The van der Waals surface area contributed by atoms with Gasteiger partial charge in [0.15, 0.2) is 0 Å². The van der Waals surface area contributed by atoms with Gasteiger partial charge in [-0.15, -0.1) is 0 Å². The van der Waals surface area contributed by atoms with Crippen LogP contribution < -0.4 is 9.47 Å². The summed E-state index contributed by atoms with van der Waals surface area (Å²) in [4.78, 5) is 20.5. The van der Waals surface area contributed by atoms with Crippen LogP contribution in [-0.4, -0.2) is 65.6 Å². The van der Waals surface area contributed by atoms with Crippen molar-refractivity contribution in [2.75, 3.05) is 40.6 Å². The van der Waals surface area contributed by atoms with Gasteiger partial charge in [-0.05, 0) is 12.1 Å². The summed E-state index contributed by atoms with van der Waals surface area (Å²) in [5.74, 6) is 0.726. The highest BCUT2D eigenvalue weighted by Crippen LogP contribution is 2.32. The summed E-state index contributed by atoms with van der Waals surface area (Å²) in [6.07, 6.45) is 5.13. The van der Waals surface area contributed by atoms with Gasteiger partial charge in [0.1, 0.15) is 24.3 Å². The van der Waals surface area contributed by atoms with Crippen LogP contribution >= 0.6 is 0 Å². The molecule has 0 radical (unpaired) electrons. The summed E-state index contributed by atoms with van der Waals surface area (Å²) < 4.78 is 21.2. The van der Waals surface area contributed by atoms with E-state index in [1.807, 2.05) is 24.4 Å². The first-order valence-corrected chi connectivity index (χ1v) is 9.13. The van der Waals surface area contributed by atoms with E-state index in [2.05, 4.69) is 24.9 Å². The van der Waals surface area contributed by atoms with Crippen molar-refractivity contribution in [3.05, 3.63) is 36.9 Å². The van der Waals surface area contributed by atoms with E-state index in [1.54, 1.807) is 19.6 Å². The second-order valence-corrected chi connectivity index (χ2v) is 6.18. The predicted molar refractivity (Wildman–Crippen MR) is 107 cm³/mol. The lowest BCUT2D eigenvalue weighted by molar-refractivity contribution is 0.0544. The summed E-state index contributed by atoms with van der Waals surface area (Å²) in [6, 6.07) is 6.06. The molecule has 150 valence electrons. The van der Waals surface area contributed by atoms with Crippen molar-refractivity contribution in [2.45, 2.75) is 0 Å². The molecule has 0 aliphatic carbocycles. The number of aromatic nitrogens is 5. The lowest BCUT2D eigenvalue weighted by Gasteiger charge is -2.09. The number of nitrogens with zero attached hydrogens (tertiary/aromatic N) is 4. The molecule has 1 N–H and O–H groups in total. The minimum Gasteiger partial charge on any atom is -0.491 e. The molecule has 4 rings (SSSR count). The van der Waals surface area contributed by atoms with E-state index in [-0.39, 0.29) is 0 Å². The third-order valence-corrected chi connectivity index (χ3v) is 4.38. The Morgan fingerprint density at radius 2 is 1.86 bits per heavy atom. The van der Waals surface area contributed by atoms with E-state index >= 15 is 0 Å². The molecule has 0 saturated carbocycles. The van der Waals surface area contributed by atoms with Gasteiger partial charge in [0.25, 0.3) is 0 Å². The molecule has 0 atom stereocenters. The van der Waals surface area contributed by atoms with Gasteiger partial charge in [-0.1, -0.05) is 0 Å². The highest BCUT2D eigenvalue weighted by Gasteiger charge is 2.14. The topological polar surface area (TPSA) is 104 Å². The lowest BCUT2D eigenvalue weighted by Crippen LogP contribution is -2.10. The van der Waals surface area contributed by atoms with Gasteiger partial charge in [-0.3, -0.25) is 0 Å². The Balaban J connectivity index is 1.57. The minimum atomic E-state index is 0.312. The van der Waals surface area contributed by atoms with Crippen LogP contribution in [0.1, 0.15) is 0 Å². The van der Waals surface area contributed by atoms with E-state index in [9.17, 15) is 0 Å². The van der Waals surface area contributed by atoms with Crippen molar-refractivity contribution in [1.82, 2.24) is 24.9 Å². The van der Waals surface area contributed by atoms with Crippen LogP contribution in [0.25, 0.3) is 33.2 Å². The number of fused-ring (bicyclic) bond motifs is 2. The smallest absolute Gasteiger partial charge is 0.318 e. The monoisotopic (exact) mass is 395 g/mol. The van der Waals surface area contributed by atoms with Crippen LogP contribution in [0.5, 0.6) is 11.8 Å². The van der Waals surface area contributed by atoms with E-state index in [0.29, 0.717) is 38.1 Å². The summed E-state index contributed by atoms with van der Waals surface area (Å²) in [7, 11) is 3.18. The summed E-state index contributed by atoms with van der Waals surface area (Å²) in [5, 5.41) is 1.77. The fraction of sp³-hybridized carbons (Fsp3) is 0.300. The molecule has 0 bridgehead atoms. The standard InChI is InChI=1S/C20H21N5O4/c1-26-5-6-28-7-8-29-13-3-4-14-17(9-13)23-12-24-18(14)15-10-21-19-16(15)11-22-20(25-19)27-2/h3-4,9-12H,5-8H2,1-2H3,(H,21,22,25). The molecule has 9 nitrogen and oxygen atoms in total.